The summed E-state index contributed by atoms with van der Waals surface area (Å²) in [7, 11) is 0. The fourth-order valence-electron chi connectivity index (χ4n) is 3.00. The molecule has 2 heteroatoms. The first-order valence-corrected chi connectivity index (χ1v) is 7.98. The highest BCUT2D eigenvalue weighted by molar-refractivity contribution is 5.43. The predicted octanol–water partition coefficient (Wildman–Crippen LogP) is 3.81. The smallest absolute Gasteiger partial charge is 0.0342 e. The number of rotatable bonds is 5. The third-order valence-electron chi connectivity index (χ3n) is 4.29. The lowest BCUT2D eigenvalue weighted by atomic mass is 10.0. The largest absolute Gasteiger partial charge is 0.382 e. The van der Waals surface area contributed by atoms with Gasteiger partial charge in [0.25, 0.3) is 0 Å². The maximum absolute atomic E-state index is 3.65. The van der Waals surface area contributed by atoms with Gasteiger partial charge in [0.2, 0.25) is 0 Å². The van der Waals surface area contributed by atoms with Crippen LogP contribution in [0.15, 0.2) is 60.7 Å². The standard InChI is InChI=1S/C19H24N2/c1-3-7-17(8-4-1)11-14-21-15-12-19(13-16-21)20-18-9-5-2-6-10-18/h1-10,19-20H,11-16H2/i2+2,5+2,6+2,9+2,10+2,18+2. The van der Waals surface area contributed by atoms with Crippen LogP contribution in [0.3, 0.4) is 0 Å². The summed E-state index contributed by atoms with van der Waals surface area (Å²) < 4.78 is 0. The second-order valence-electron chi connectivity index (χ2n) is 5.86. The molecule has 0 amide bonds. The molecular formula is C19H24N2. The summed E-state index contributed by atoms with van der Waals surface area (Å²) in [5.41, 5.74) is 2.70. The summed E-state index contributed by atoms with van der Waals surface area (Å²) in [6.45, 7) is 3.59. The number of para-hydroxylation sites is 1. The second kappa shape index (κ2) is 7.28. The molecule has 0 radical (unpaired) electrons. The number of nitrogens with one attached hydrogen (secondary N) is 1. The zero-order chi connectivity index (χ0) is 14.3. The Balaban J connectivity index is 1.41. The van der Waals surface area contributed by atoms with Crippen LogP contribution in [0.25, 0.3) is 0 Å². The number of benzene rings is 2. The van der Waals surface area contributed by atoms with E-state index in [1.54, 1.807) is 0 Å². The van der Waals surface area contributed by atoms with Crippen LogP contribution >= 0.6 is 0 Å². The van der Waals surface area contributed by atoms with Crippen molar-refractivity contribution < 1.29 is 0 Å². The predicted molar refractivity (Wildman–Crippen MR) is 89.7 cm³/mol. The van der Waals surface area contributed by atoms with E-state index in [-0.39, 0.29) is 0 Å². The van der Waals surface area contributed by atoms with E-state index >= 15 is 0 Å². The van der Waals surface area contributed by atoms with E-state index < -0.39 is 0 Å². The van der Waals surface area contributed by atoms with Crippen LogP contribution in [-0.2, 0) is 6.42 Å². The van der Waals surface area contributed by atoms with E-state index in [1.165, 1.54) is 43.7 Å². The van der Waals surface area contributed by atoms with Gasteiger partial charge in [-0.05, 0) is 37.0 Å². The summed E-state index contributed by atoms with van der Waals surface area (Å²) >= 11 is 0. The van der Waals surface area contributed by atoms with Gasteiger partial charge in [-0.25, -0.2) is 0 Å². The molecule has 1 aliphatic heterocycles. The first-order chi connectivity index (χ1) is 10.4. The van der Waals surface area contributed by atoms with Crippen LogP contribution in [0.5, 0.6) is 0 Å². The van der Waals surface area contributed by atoms with Crippen molar-refractivity contribution in [1.82, 2.24) is 4.90 Å². The molecule has 1 heterocycles. The van der Waals surface area contributed by atoms with Gasteiger partial charge in [-0.2, -0.15) is 0 Å². The van der Waals surface area contributed by atoms with Crippen molar-refractivity contribution in [2.24, 2.45) is 0 Å². The van der Waals surface area contributed by atoms with Crippen molar-refractivity contribution >= 4 is 5.69 Å². The number of hydrogen-bond acceptors (Lipinski definition) is 2. The molecule has 1 aliphatic rings. The highest BCUT2D eigenvalue weighted by atomic mass is 15.8. The Morgan fingerprint density at radius 1 is 1.05 bits per heavy atom. The van der Waals surface area contributed by atoms with Gasteiger partial charge in [0, 0.05) is 31.4 Å². The lowest BCUT2D eigenvalue weighted by molar-refractivity contribution is 0.221. The normalized spacial score (nSPS) is 16.8. The molecule has 0 bridgehead atoms. The number of hydrogen-bond donors (Lipinski definition) is 1. The topological polar surface area (TPSA) is 15.3 Å². The molecule has 1 saturated heterocycles. The van der Waals surface area contributed by atoms with Gasteiger partial charge in [0.05, 0.1) is 0 Å². The molecule has 0 saturated carbocycles. The molecule has 2 aromatic carbocycles. The van der Waals surface area contributed by atoms with Crippen LogP contribution in [0.4, 0.5) is 5.69 Å². The van der Waals surface area contributed by atoms with Gasteiger partial charge in [0.15, 0.2) is 0 Å². The Labute approximate surface area is 127 Å². The quantitative estimate of drug-likeness (QED) is 0.901. The van der Waals surface area contributed by atoms with E-state index in [4.69, 9.17) is 0 Å². The van der Waals surface area contributed by atoms with E-state index in [0.29, 0.717) is 6.04 Å². The Morgan fingerprint density at radius 3 is 2.48 bits per heavy atom. The molecule has 0 aromatic heterocycles. The molecule has 0 spiro atoms. The van der Waals surface area contributed by atoms with Crippen LogP contribution in [0, 0.1) is 0 Å². The van der Waals surface area contributed by atoms with Crippen LogP contribution in [0.2, 0.25) is 0 Å². The minimum Gasteiger partial charge on any atom is -0.382 e. The molecule has 110 valence electrons. The number of anilines is 1. The van der Waals surface area contributed by atoms with E-state index in [1.807, 2.05) is 0 Å². The minimum atomic E-state index is 0.625. The zero-order valence-electron chi connectivity index (χ0n) is 12.5. The summed E-state index contributed by atoms with van der Waals surface area (Å²) in [4.78, 5) is 2.59. The summed E-state index contributed by atoms with van der Waals surface area (Å²) in [5, 5.41) is 3.65. The maximum Gasteiger partial charge on any atom is 0.0342 e. The highest BCUT2D eigenvalue weighted by Gasteiger charge is 2.18. The third-order valence-corrected chi connectivity index (χ3v) is 4.29. The Bertz CT molecular complexity index is 516. The second-order valence-corrected chi connectivity index (χ2v) is 5.86. The first kappa shape index (κ1) is 14.2. The van der Waals surface area contributed by atoms with Crippen LogP contribution in [-0.4, -0.2) is 30.6 Å². The van der Waals surface area contributed by atoms with Gasteiger partial charge in [-0.1, -0.05) is 48.5 Å². The van der Waals surface area contributed by atoms with Gasteiger partial charge in [0.1, 0.15) is 0 Å². The van der Waals surface area contributed by atoms with Crippen molar-refractivity contribution in [3.8, 4) is 0 Å². The fourth-order valence-corrected chi connectivity index (χ4v) is 3.00. The van der Waals surface area contributed by atoms with Crippen molar-refractivity contribution in [3.05, 3.63) is 66.2 Å². The molecule has 0 aliphatic carbocycles. The summed E-state index contributed by atoms with van der Waals surface area (Å²) in [6, 6.07) is 22.0. The number of piperidine rings is 1. The van der Waals surface area contributed by atoms with E-state index in [2.05, 4.69) is 70.9 Å². The van der Waals surface area contributed by atoms with E-state index in [0.717, 1.165) is 6.42 Å². The molecule has 2 aromatic rings. The van der Waals surface area contributed by atoms with Crippen molar-refractivity contribution in [2.45, 2.75) is 25.3 Å². The van der Waals surface area contributed by atoms with E-state index in [9.17, 15) is 0 Å². The number of nitrogens with zero attached hydrogens (tertiary/aromatic N) is 1. The monoisotopic (exact) mass is 292 g/mol. The van der Waals surface area contributed by atoms with Crippen molar-refractivity contribution in [3.63, 3.8) is 0 Å². The van der Waals surface area contributed by atoms with Gasteiger partial charge in [-0.15, -0.1) is 0 Å². The average Bonchev–Trinajstić information content (AvgIpc) is 2.56. The fraction of sp³-hybridized carbons (Fsp3) is 0.368. The molecular weight excluding hydrogens is 268 g/mol. The molecule has 1 N–H and O–H groups in total. The Hall–Kier alpha value is -1.80. The lowest BCUT2D eigenvalue weighted by Crippen LogP contribution is -2.40. The van der Waals surface area contributed by atoms with Crippen molar-refractivity contribution in [2.75, 3.05) is 25.0 Å². The Kier molecular flexibility index (Phi) is 4.90. The molecule has 3 rings (SSSR count). The van der Waals surface area contributed by atoms with Crippen LogP contribution in [0.1, 0.15) is 18.4 Å². The van der Waals surface area contributed by atoms with Gasteiger partial charge in [-0.3, -0.25) is 0 Å². The van der Waals surface area contributed by atoms with Crippen molar-refractivity contribution in [1.29, 1.82) is 0 Å². The minimum absolute atomic E-state index is 0.625. The zero-order valence-corrected chi connectivity index (χ0v) is 12.5. The lowest BCUT2D eigenvalue weighted by Gasteiger charge is -2.32. The van der Waals surface area contributed by atoms with Gasteiger partial charge >= 0.3 is 0 Å². The maximum atomic E-state index is 3.65. The average molecular weight is 292 g/mol. The van der Waals surface area contributed by atoms with Crippen LogP contribution < -0.4 is 5.32 Å². The number of likely N-dealkylation sites (tertiary alicyclic amines) is 1. The summed E-state index contributed by atoms with van der Waals surface area (Å²) in [5.74, 6) is 0. The molecule has 2 nitrogen and oxygen atoms in total. The molecule has 0 atom stereocenters. The molecule has 0 unspecified atom stereocenters. The Morgan fingerprint density at radius 2 is 1.76 bits per heavy atom. The molecule has 21 heavy (non-hydrogen) atoms. The van der Waals surface area contributed by atoms with Gasteiger partial charge < -0.3 is 10.2 Å². The highest BCUT2D eigenvalue weighted by Crippen LogP contribution is 2.16. The first-order valence-electron chi connectivity index (χ1n) is 7.98. The summed E-state index contributed by atoms with van der Waals surface area (Å²) in [6.07, 6.45) is 3.64. The SMILES string of the molecule is c1ccc(CCN2CCC(N[14c]3[14cH][14cH][14cH][14cH][14cH]3)CC2)cc1. The third kappa shape index (κ3) is 4.33. The molecule has 1 fully saturated rings.